The first-order valence-corrected chi connectivity index (χ1v) is 5.42. The van der Waals surface area contributed by atoms with Crippen LogP contribution in [0.4, 0.5) is 0 Å². The maximum atomic E-state index is 2.41. The van der Waals surface area contributed by atoms with Crippen LogP contribution in [0.25, 0.3) is 0 Å². The summed E-state index contributed by atoms with van der Waals surface area (Å²) in [6, 6.07) is 0. The average molecular weight is 166 g/mol. The SMILES string of the molecule is CC=C1CCC(C(C)CC)CC1. The van der Waals surface area contributed by atoms with Crippen molar-refractivity contribution in [3.8, 4) is 0 Å². The molecule has 0 heteroatoms. The number of rotatable bonds is 2. The Morgan fingerprint density at radius 1 is 1.42 bits per heavy atom. The summed E-state index contributed by atoms with van der Waals surface area (Å²) in [5.41, 5.74) is 1.69. The Balaban J connectivity index is 2.35. The van der Waals surface area contributed by atoms with Gasteiger partial charge in [0, 0.05) is 0 Å². The molecule has 0 heterocycles. The molecule has 0 spiro atoms. The first kappa shape index (κ1) is 9.83. The van der Waals surface area contributed by atoms with Crippen molar-refractivity contribution in [1.82, 2.24) is 0 Å². The van der Waals surface area contributed by atoms with Crippen molar-refractivity contribution < 1.29 is 0 Å². The lowest BCUT2D eigenvalue weighted by Crippen LogP contribution is -2.15. The van der Waals surface area contributed by atoms with Crippen LogP contribution in [0, 0.1) is 11.8 Å². The van der Waals surface area contributed by atoms with Crippen molar-refractivity contribution in [3.63, 3.8) is 0 Å². The molecule has 1 unspecified atom stereocenters. The molecule has 12 heavy (non-hydrogen) atoms. The summed E-state index contributed by atoms with van der Waals surface area (Å²) >= 11 is 0. The van der Waals surface area contributed by atoms with Gasteiger partial charge in [-0.1, -0.05) is 31.9 Å². The summed E-state index contributed by atoms with van der Waals surface area (Å²) in [6.45, 7) is 6.90. The molecule has 0 amide bonds. The second-order valence-corrected chi connectivity index (χ2v) is 4.17. The van der Waals surface area contributed by atoms with Crippen LogP contribution >= 0.6 is 0 Å². The van der Waals surface area contributed by atoms with Crippen LogP contribution in [0.3, 0.4) is 0 Å². The minimum absolute atomic E-state index is 0.948. The maximum absolute atomic E-state index is 2.41. The Morgan fingerprint density at radius 3 is 2.42 bits per heavy atom. The lowest BCUT2D eigenvalue weighted by molar-refractivity contribution is 0.285. The Labute approximate surface area is 77.1 Å². The fourth-order valence-corrected chi connectivity index (χ4v) is 2.20. The third-order valence-corrected chi connectivity index (χ3v) is 3.53. The van der Waals surface area contributed by atoms with Gasteiger partial charge in [-0.05, 0) is 44.4 Å². The zero-order valence-corrected chi connectivity index (χ0v) is 8.77. The summed E-state index contributed by atoms with van der Waals surface area (Å²) in [4.78, 5) is 0. The Bertz CT molecular complexity index is 145. The maximum Gasteiger partial charge on any atom is -0.0318 e. The van der Waals surface area contributed by atoms with Gasteiger partial charge in [0.25, 0.3) is 0 Å². The van der Waals surface area contributed by atoms with Gasteiger partial charge in [0.15, 0.2) is 0 Å². The van der Waals surface area contributed by atoms with Gasteiger partial charge < -0.3 is 0 Å². The zero-order chi connectivity index (χ0) is 8.97. The number of allylic oxidation sites excluding steroid dienone is 2. The average Bonchev–Trinajstić information content (AvgIpc) is 2.17. The zero-order valence-electron chi connectivity index (χ0n) is 8.77. The molecule has 0 nitrogen and oxygen atoms in total. The molecule has 1 rings (SSSR count). The van der Waals surface area contributed by atoms with E-state index in [0.29, 0.717) is 0 Å². The van der Waals surface area contributed by atoms with Crippen molar-refractivity contribution in [3.05, 3.63) is 11.6 Å². The normalized spacial score (nSPS) is 26.9. The minimum atomic E-state index is 0.948. The summed E-state index contributed by atoms with van der Waals surface area (Å²) < 4.78 is 0. The Kier molecular flexibility index (Phi) is 3.84. The highest BCUT2D eigenvalue weighted by Gasteiger charge is 2.20. The van der Waals surface area contributed by atoms with Crippen molar-refractivity contribution >= 4 is 0 Å². The highest BCUT2D eigenvalue weighted by atomic mass is 14.3. The van der Waals surface area contributed by atoms with Gasteiger partial charge >= 0.3 is 0 Å². The first-order chi connectivity index (χ1) is 5.77. The monoisotopic (exact) mass is 166 g/mol. The van der Waals surface area contributed by atoms with Crippen molar-refractivity contribution in [2.75, 3.05) is 0 Å². The van der Waals surface area contributed by atoms with E-state index >= 15 is 0 Å². The molecule has 1 aliphatic carbocycles. The van der Waals surface area contributed by atoms with Gasteiger partial charge in [0.1, 0.15) is 0 Å². The molecular weight excluding hydrogens is 144 g/mol. The molecule has 1 aliphatic rings. The second kappa shape index (κ2) is 4.69. The summed E-state index contributed by atoms with van der Waals surface area (Å²) in [5.74, 6) is 1.96. The molecule has 1 fully saturated rings. The predicted octanol–water partition coefficient (Wildman–Crippen LogP) is 4.17. The van der Waals surface area contributed by atoms with E-state index in [0.717, 1.165) is 11.8 Å². The van der Waals surface area contributed by atoms with Gasteiger partial charge in [0.2, 0.25) is 0 Å². The number of hydrogen-bond donors (Lipinski definition) is 0. The molecule has 0 bridgehead atoms. The third-order valence-electron chi connectivity index (χ3n) is 3.53. The number of hydrogen-bond acceptors (Lipinski definition) is 0. The molecule has 0 N–H and O–H groups in total. The summed E-state index contributed by atoms with van der Waals surface area (Å²) in [5, 5.41) is 0. The van der Waals surface area contributed by atoms with Crippen LogP contribution in [0.2, 0.25) is 0 Å². The van der Waals surface area contributed by atoms with Gasteiger partial charge in [-0.25, -0.2) is 0 Å². The molecule has 0 saturated heterocycles. The van der Waals surface area contributed by atoms with Gasteiger partial charge in [0.05, 0.1) is 0 Å². The van der Waals surface area contributed by atoms with Crippen LogP contribution in [-0.4, -0.2) is 0 Å². The van der Waals surface area contributed by atoms with Gasteiger partial charge in [-0.15, -0.1) is 0 Å². The van der Waals surface area contributed by atoms with Crippen molar-refractivity contribution in [1.29, 1.82) is 0 Å². The predicted molar refractivity (Wildman–Crippen MR) is 55.2 cm³/mol. The molecule has 1 atom stereocenters. The van der Waals surface area contributed by atoms with E-state index < -0.39 is 0 Å². The van der Waals surface area contributed by atoms with E-state index in [2.05, 4.69) is 26.8 Å². The molecule has 0 aromatic carbocycles. The van der Waals surface area contributed by atoms with Crippen LogP contribution < -0.4 is 0 Å². The molecule has 1 saturated carbocycles. The molecule has 70 valence electrons. The molecular formula is C12H22. The molecule has 0 aromatic heterocycles. The van der Waals surface area contributed by atoms with Crippen molar-refractivity contribution in [2.24, 2.45) is 11.8 Å². The largest absolute Gasteiger partial charge is 0.0885 e. The van der Waals surface area contributed by atoms with Crippen LogP contribution in [0.15, 0.2) is 11.6 Å². The van der Waals surface area contributed by atoms with Crippen LogP contribution in [0.5, 0.6) is 0 Å². The van der Waals surface area contributed by atoms with E-state index in [4.69, 9.17) is 0 Å². The highest BCUT2D eigenvalue weighted by molar-refractivity contribution is 5.03. The topological polar surface area (TPSA) is 0 Å². The van der Waals surface area contributed by atoms with Gasteiger partial charge in [-0.2, -0.15) is 0 Å². The lowest BCUT2D eigenvalue weighted by Gasteiger charge is -2.28. The first-order valence-electron chi connectivity index (χ1n) is 5.42. The molecule has 0 aliphatic heterocycles. The molecule has 0 radical (unpaired) electrons. The Hall–Kier alpha value is -0.260. The second-order valence-electron chi connectivity index (χ2n) is 4.17. The van der Waals surface area contributed by atoms with E-state index in [1.807, 2.05) is 0 Å². The summed E-state index contributed by atoms with van der Waals surface area (Å²) in [6.07, 6.45) is 9.28. The minimum Gasteiger partial charge on any atom is -0.0885 e. The molecule has 0 aromatic rings. The fourth-order valence-electron chi connectivity index (χ4n) is 2.20. The fraction of sp³-hybridized carbons (Fsp3) is 0.833. The van der Waals surface area contributed by atoms with Crippen LogP contribution in [0.1, 0.15) is 52.9 Å². The van der Waals surface area contributed by atoms with E-state index in [1.165, 1.54) is 32.1 Å². The van der Waals surface area contributed by atoms with E-state index in [-0.39, 0.29) is 0 Å². The van der Waals surface area contributed by atoms with Crippen molar-refractivity contribution in [2.45, 2.75) is 52.9 Å². The van der Waals surface area contributed by atoms with Gasteiger partial charge in [-0.3, -0.25) is 0 Å². The van der Waals surface area contributed by atoms with E-state index in [9.17, 15) is 0 Å². The quantitative estimate of drug-likeness (QED) is 0.540. The standard InChI is InChI=1S/C12H22/c1-4-10(3)12-8-6-11(5-2)7-9-12/h5,10,12H,4,6-9H2,1-3H3. The van der Waals surface area contributed by atoms with E-state index in [1.54, 1.807) is 5.57 Å². The lowest BCUT2D eigenvalue weighted by atomic mass is 9.78. The Morgan fingerprint density at radius 2 is 2.00 bits per heavy atom. The summed E-state index contributed by atoms with van der Waals surface area (Å²) in [7, 11) is 0. The highest BCUT2D eigenvalue weighted by Crippen LogP contribution is 2.33. The smallest absolute Gasteiger partial charge is 0.0318 e. The third kappa shape index (κ3) is 2.36. The van der Waals surface area contributed by atoms with Crippen LogP contribution in [-0.2, 0) is 0 Å².